The summed E-state index contributed by atoms with van der Waals surface area (Å²) in [6.45, 7) is 0.747. The number of hydrogen-bond acceptors (Lipinski definition) is 6. The van der Waals surface area contributed by atoms with Gasteiger partial charge in [-0.3, -0.25) is 9.59 Å². The van der Waals surface area contributed by atoms with E-state index in [2.05, 4.69) is 15.6 Å². The SMILES string of the molecule is COCCNC(=O)CNC(=O)c1csc(N)n1. The van der Waals surface area contributed by atoms with Crippen LogP contribution in [-0.2, 0) is 9.53 Å². The highest BCUT2D eigenvalue weighted by Crippen LogP contribution is 2.10. The van der Waals surface area contributed by atoms with E-state index in [-0.39, 0.29) is 18.1 Å². The minimum absolute atomic E-state index is 0.0972. The zero-order chi connectivity index (χ0) is 12.7. The highest BCUT2D eigenvalue weighted by molar-refractivity contribution is 7.13. The van der Waals surface area contributed by atoms with Crippen molar-refractivity contribution in [2.24, 2.45) is 0 Å². The lowest BCUT2D eigenvalue weighted by Crippen LogP contribution is -2.38. The average molecular weight is 258 g/mol. The molecule has 0 saturated carbocycles. The molecule has 1 heterocycles. The predicted molar refractivity (Wildman–Crippen MR) is 63.7 cm³/mol. The Hall–Kier alpha value is -1.67. The van der Waals surface area contributed by atoms with E-state index in [0.29, 0.717) is 18.3 Å². The second-order valence-electron chi connectivity index (χ2n) is 3.10. The molecular formula is C9H14N4O3S. The number of rotatable bonds is 6. The van der Waals surface area contributed by atoms with Crippen LogP contribution in [0.4, 0.5) is 5.13 Å². The quantitative estimate of drug-likeness (QED) is 0.580. The fourth-order valence-corrected chi connectivity index (χ4v) is 1.54. The maximum atomic E-state index is 11.5. The molecule has 1 rings (SSSR count). The Morgan fingerprint density at radius 1 is 1.53 bits per heavy atom. The van der Waals surface area contributed by atoms with Gasteiger partial charge in [0.1, 0.15) is 5.69 Å². The summed E-state index contributed by atoms with van der Waals surface area (Å²) < 4.78 is 4.77. The van der Waals surface area contributed by atoms with Gasteiger partial charge in [0.2, 0.25) is 5.91 Å². The summed E-state index contributed by atoms with van der Waals surface area (Å²) in [7, 11) is 1.54. The third kappa shape index (κ3) is 4.79. The molecular weight excluding hydrogens is 244 g/mol. The number of hydrogen-bond donors (Lipinski definition) is 3. The standard InChI is InChI=1S/C9H14N4O3S/c1-16-3-2-11-7(14)4-12-8(15)6-5-17-9(10)13-6/h5H,2-4H2,1H3,(H2,10,13)(H,11,14)(H,12,15). The first kappa shape index (κ1) is 13.4. The van der Waals surface area contributed by atoms with Crippen molar-refractivity contribution < 1.29 is 14.3 Å². The lowest BCUT2D eigenvalue weighted by molar-refractivity contribution is -0.120. The molecule has 0 saturated heterocycles. The minimum atomic E-state index is -0.417. The van der Waals surface area contributed by atoms with Crippen LogP contribution in [0.3, 0.4) is 0 Å². The number of aromatic nitrogens is 1. The van der Waals surface area contributed by atoms with Crippen molar-refractivity contribution in [3.63, 3.8) is 0 Å². The van der Waals surface area contributed by atoms with Crippen LogP contribution in [0, 0.1) is 0 Å². The Bertz CT molecular complexity index is 393. The molecule has 0 spiro atoms. The highest BCUT2D eigenvalue weighted by atomic mass is 32.1. The van der Waals surface area contributed by atoms with Crippen LogP contribution >= 0.6 is 11.3 Å². The lowest BCUT2D eigenvalue weighted by atomic mass is 10.4. The molecule has 94 valence electrons. The Morgan fingerprint density at radius 2 is 2.29 bits per heavy atom. The number of amides is 2. The molecule has 8 heteroatoms. The second kappa shape index (κ2) is 6.81. The van der Waals surface area contributed by atoms with Crippen LogP contribution in [-0.4, -0.2) is 43.6 Å². The average Bonchev–Trinajstić information content (AvgIpc) is 2.73. The maximum absolute atomic E-state index is 11.5. The Kier molecular flexibility index (Phi) is 5.37. The van der Waals surface area contributed by atoms with E-state index in [4.69, 9.17) is 10.5 Å². The molecule has 4 N–H and O–H groups in total. The second-order valence-corrected chi connectivity index (χ2v) is 3.99. The molecule has 0 aliphatic heterocycles. The molecule has 1 aromatic heterocycles. The summed E-state index contributed by atoms with van der Waals surface area (Å²) in [6, 6.07) is 0. The maximum Gasteiger partial charge on any atom is 0.271 e. The van der Waals surface area contributed by atoms with Gasteiger partial charge in [-0.15, -0.1) is 11.3 Å². The number of nitrogens with two attached hydrogens (primary N) is 1. The van der Waals surface area contributed by atoms with Gasteiger partial charge in [0.05, 0.1) is 13.2 Å². The molecule has 0 bridgehead atoms. The first-order chi connectivity index (χ1) is 8.13. The summed E-state index contributed by atoms with van der Waals surface area (Å²) in [6.07, 6.45) is 0. The number of nitrogen functional groups attached to an aromatic ring is 1. The fourth-order valence-electron chi connectivity index (χ4n) is 0.998. The summed E-state index contributed by atoms with van der Waals surface area (Å²) in [5.41, 5.74) is 5.61. The van der Waals surface area contributed by atoms with Crippen molar-refractivity contribution in [1.29, 1.82) is 0 Å². The van der Waals surface area contributed by atoms with Gasteiger partial charge in [-0.25, -0.2) is 4.98 Å². The van der Waals surface area contributed by atoms with Gasteiger partial charge in [-0.1, -0.05) is 0 Å². The van der Waals surface area contributed by atoms with Crippen molar-refractivity contribution in [3.8, 4) is 0 Å². The molecule has 0 aliphatic rings. The normalized spacial score (nSPS) is 9.94. The van der Waals surface area contributed by atoms with Crippen molar-refractivity contribution in [1.82, 2.24) is 15.6 Å². The van der Waals surface area contributed by atoms with E-state index in [9.17, 15) is 9.59 Å². The van der Waals surface area contributed by atoms with Gasteiger partial charge in [-0.05, 0) is 0 Å². The topological polar surface area (TPSA) is 106 Å². The van der Waals surface area contributed by atoms with E-state index >= 15 is 0 Å². The van der Waals surface area contributed by atoms with Gasteiger partial charge in [0, 0.05) is 19.0 Å². The van der Waals surface area contributed by atoms with E-state index in [1.807, 2.05) is 0 Å². The minimum Gasteiger partial charge on any atom is -0.383 e. The third-order valence-electron chi connectivity index (χ3n) is 1.79. The number of thiazole rings is 1. The van der Waals surface area contributed by atoms with Crippen LogP contribution in [0.2, 0.25) is 0 Å². The molecule has 0 atom stereocenters. The van der Waals surface area contributed by atoms with E-state index in [1.54, 1.807) is 7.11 Å². The molecule has 0 radical (unpaired) electrons. The highest BCUT2D eigenvalue weighted by Gasteiger charge is 2.10. The molecule has 7 nitrogen and oxygen atoms in total. The Morgan fingerprint density at radius 3 is 2.88 bits per heavy atom. The number of carbonyl (C=O) groups excluding carboxylic acids is 2. The first-order valence-corrected chi connectivity index (χ1v) is 5.76. The number of ether oxygens (including phenoxy) is 1. The number of nitrogens with zero attached hydrogens (tertiary/aromatic N) is 1. The summed E-state index contributed by atoms with van der Waals surface area (Å²) >= 11 is 1.17. The predicted octanol–water partition coefficient (Wildman–Crippen LogP) is -0.782. The summed E-state index contributed by atoms with van der Waals surface area (Å²) in [5.74, 6) is -0.696. The van der Waals surface area contributed by atoms with Crippen LogP contribution in [0.25, 0.3) is 0 Å². The van der Waals surface area contributed by atoms with Crippen molar-refractivity contribution in [2.45, 2.75) is 0 Å². The van der Waals surface area contributed by atoms with Gasteiger partial charge >= 0.3 is 0 Å². The summed E-state index contributed by atoms with van der Waals surface area (Å²) in [4.78, 5) is 26.5. The monoisotopic (exact) mass is 258 g/mol. The fraction of sp³-hybridized carbons (Fsp3) is 0.444. The Balaban J connectivity index is 2.26. The molecule has 0 aromatic carbocycles. The van der Waals surface area contributed by atoms with Crippen LogP contribution in [0.15, 0.2) is 5.38 Å². The zero-order valence-electron chi connectivity index (χ0n) is 9.36. The third-order valence-corrected chi connectivity index (χ3v) is 2.47. The molecule has 2 amide bonds. The molecule has 17 heavy (non-hydrogen) atoms. The number of anilines is 1. The number of nitrogens with one attached hydrogen (secondary N) is 2. The first-order valence-electron chi connectivity index (χ1n) is 4.88. The van der Waals surface area contributed by atoms with Crippen LogP contribution in [0.1, 0.15) is 10.5 Å². The molecule has 0 unspecified atom stereocenters. The zero-order valence-corrected chi connectivity index (χ0v) is 10.2. The number of methoxy groups -OCH3 is 1. The van der Waals surface area contributed by atoms with Gasteiger partial charge in [-0.2, -0.15) is 0 Å². The number of carbonyl (C=O) groups is 2. The largest absolute Gasteiger partial charge is 0.383 e. The van der Waals surface area contributed by atoms with Crippen LogP contribution in [0.5, 0.6) is 0 Å². The Labute approximate surface area is 102 Å². The van der Waals surface area contributed by atoms with E-state index < -0.39 is 5.91 Å². The van der Waals surface area contributed by atoms with Crippen molar-refractivity contribution >= 4 is 28.3 Å². The molecule has 0 fully saturated rings. The van der Waals surface area contributed by atoms with Gasteiger partial charge in [0.15, 0.2) is 5.13 Å². The summed E-state index contributed by atoms with van der Waals surface area (Å²) in [5, 5.41) is 6.86. The van der Waals surface area contributed by atoms with Crippen molar-refractivity contribution in [3.05, 3.63) is 11.1 Å². The smallest absolute Gasteiger partial charge is 0.271 e. The van der Waals surface area contributed by atoms with E-state index in [1.165, 1.54) is 16.7 Å². The van der Waals surface area contributed by atoms with Gasteiger partial charge in [0.25, 0.3) is 5.91 Å². The van der Waals surface area contributed by atoms with Crippen LogP contribution < -0.4 is 16.4 Å². The van der Waals surface area contributed by atoms with Gasteiger partial charge < -0.3 is 21.1 Å². The molecule has 1 aromatic rings. The van der Waals surface area contributed by atoms with Crippen molar-refractivity contribution in [2.75, 3.05) is 32.5 Å². The van der Waals surface area contributed by atoms with E-state index in [0.717, 1.165) is 0 Å². The molecule has 0 aliphatic carbocycles. The lowest BCUT2D eigenvalue weighted by Gasteiger charge is -2.05.